The van der Waals surface area contributed by atoms with E-state index in [9.17, 15) is 9.59 Å². The van der Waals surface area contributed by atoms with Crippen molar-refractivity contribution in [2.75, 3.05) is 17.2 Å². The van der Waals surface area contributed by atoms with Crippen molar-refractivity contribution in [1.82, 2.24) is 4.98 Å². The fourth-order valence-corrected chi connectivity index (χ4v) is 3.09. The van der Waals surface area contributed by atoms with Crippen molar-refractivity contribution in [2.24, 2.45) is 5.73 Å². The van der Waals surface area contributed by atoms with Gasteiger partial charge in [0, 0.05) is 30.1 Å². The third-order valence-corrected chi connectivity index (χ3v) is 4.52. The van der Waals surface area contributed by atoms with E-state index in [4.69, 9.17) is 15.2 Å². The molecule has 4 rings (SSSR count). The number of nitrogens with zero attached hydrogens (tertiary/aromatic N) is 1. The number of ether oxygens (including phenoxy) is 2. The fourth-order valence-electron chi connectivity index (χ4n) is 3.09. The van der Waals surface area contributed by atoms with Gasteiger partial charge >= 0.3 is 6.03 Å². The second-order valence-electron chi connectivity index (χ2n) is 6.73. The van der Waals surface area contributed by atoms with Crippen molar-refractivity contribution in [3.63, 3.8) is 0 Å². The summed E-state index contributed by atoms with van der Waals surface area (Å²) in [4.78, 5) is 27.5. The summed E-state index contributed by atoms with van der Waals surface area (Å²) in [6, 6.07) is 15.6. The van der Waals surface area contributed by atoms with Crippen LogP contribution in [0.1, 0.15) is 21.6 Å². The van der Waals surface area contributed by atoms with Crippen LogP contribution in [0.25, 0.3) is 0 Å². The van der Waals surface area contributed by atoms with Gasteiger partial charge in [-0.05, 0) is 53.6 Å². The maximum atomic E-state index is 12.3. The van der Waals surface area contributed by atoms with E-state index in [0.717, 1.165) is 23.3 Å². The molecule has 0 bridgehead atoms. The van der Waals surface area contributed by atoms with Gasteiger partial charge in [-0.15, -0.1) is 0 Å². The first-order chi connectivity index (χ1) is 14.6. The summed E-state index contributed by atoms with van der Waals surface area (Å²) in [6.45, 7) is 0.900. The molecule has 0 aliphatic carbocycles. The van der Waals surface area contributed by atoms with E-state index in [1.807, 2.05) is 12.1 Å². The zero-order valence-corrected chi connectivity index (χ0v) is 16.1. The number of primary amides is 1. The summed E-state index contributed by atoms with van der Waals surface area (Å²) in [5.41, 5.74) is 8.55. The van der Waals surface area contributed by atoms with Crippen molar-refractivity contribution < 1.29 is 19.1 Å². The minimum absolute atomic E-state index is 0.182. The number of amides is 3. The van der Waals surface area contributed by atoms with Gasteiger partial charge in [-0.2, -0.15) is 0 Å². The maximum absolute atomic E-state index is 12.3. The first-order valence-electron chi connectivity index (χ1n) is 9.38. The van der Waals surface area contributed by atoms with Crippen LogP contribution in [0, 0.1) is 0 Å². The highest BCUT2D eigenvalue weighted by Gasteiger charge is 2.13. The number of aromatic nitrogens is 1. The Morgan fingerprint density at radius 2 is 1.90 bits per heavy atom. The van der Waals surface area contributed by atoms with Crippen LogP contribution in [0.2, 0.25) is 0 Å². The lowest BCUT2D eigenvalue weighted by Gasteiger charge is -2.11. The average molecular weight is 404 g/mol. The van der Waals surface area contributed by atoms with Crippen molar-refractivity contribution in [2.45, 2.75) is 13.0 Å². The summed E-state index contributed by atoms with van der Waals surface area (Å²) in [5, 5.41) is 5.61. The Balaban J connectivity index is 1.35. The number of nitrogens with two attached hydrogens (primary N) is 1. The van der Waals surface area contributed by atoms with Gasteiger partial charge in [0.05, 0.1) is 6.61 Å². The number of nitrogens with one attached hydrogen (secondary N) is 2. The molecule has 1 aliphatic heterocycles. The molecule has 8 heteroatoms. The van der Waals surface area contributed by atoms with Crippen LogP contribution < -0.4 is 25.8 Å². The number of rotatable bonds is 6. The second kappa shape index (κ2) is 8.52. The minimum Gasteiger partial charge on any atom is -0.493 e. The summed E-state index contributed by atoms with van der Waals surface area (Å²) < 4.78 is 11.2. The standard InChI is InChI=1S/C22H20N4O4/c23-21(27)19-10-14(6-8-24-19)13-30-18-3-1-2-16(12-18)25-22(28)26-17-4-5-20-15(11-17)7-9-29-20/h1-6,8,10-12H,7,9,13H2,(H2,23,27)(H2,25,26,28). The molecule has 3 amide bonds. The van der Waals surface area contributed by atoms with Crippen LogP contribution in [0.15, 0.2) is 60.8 Å². The summed E-state index contributed by atoms with van der Waals surface area (Å²) in [7, 11) is 0. The molecular formula is C22H20N4O4. The predicted molar refractivity (Wildman–Crippen MR) is 112 cm³/mol. The highest BCUT2D eigenvalue weighted by Crippen LogP contribution is 2.28. The Bertz CT molecular complexity index is 1100. The highest BCUT2D eigenvalue weighted by molar-refractivity contribution is 6.00. The predicted octanol–water partition coefficient (Wildman–Crippen LogP) is 3.34. The number of carbonyl (C=O) groups excluding carboxylic acids is 2. The Hall–Kier alpha value is -4.07. The van der Waals surface area contributed by atoms with Crippen LogP contribution in [0.3, 0.4) is 0 Å². The number of hydrogen-bond donors (Lipinski definition) is 3. The smallest absolute Gasteiger partial charge is 0.323 e. The quantitative estimate of drug-likeness (QED) is 0.583. The molecular weight excluding hydrogens is 384 g/mol. The fraction of sp³-hybridized carbons (Fsp3) is 0.136. The molecule has 0 atom stereocenters. The van der Waals surface area contributed by atoms with E-state index >= 15 is 0 Å². The van der Waals surface area contributed by atoms with Gasteiger partial charge in [0.25, 0.3) is 5.91 Å². The highest BCUT2D eigenvalue weighted by atomic mass is 16.5. The molecule has 0 radical (unpaired) electrons. The van der Waals surface area contributed by atoms with E-state index in [1.165, 1.54) is 6.20 Å². The van der Waals surface area contributed by atoms with Crippen LogP contribution in [-0.4, -0.2) is 23.5 Å². The molecule has 3 aromatic rings. The molecule has 0 unspecified atom stereocenters. The number of benzene rings is 2. The van der Waals surface area contributed by atoms with E-state index in [0.29, 0.717) is 23.7 Å². The Morgan fingerprint density at radius 1 is 1.07 bits per heavy atom. The van der Waals surface area contributed by atoms with Crippen molar-refractivity contribution >= 4 is 23.3 Å². The number of urea groups is 1. The SMILES string of the molecule is NC(=O)c1cc(COc2cccc(NC(=O)Nc3ccc4c(c3)CCO4)c2)ccn1. The summed E-state index contributed by atoms with van der Waals surface area (Å²) in [6.07, 6.45) is 2.34. The average Bonchev–Trinajstić information content (AvgIpc) is 3.20. The monoisotopic (exact) mass is 404 g/mol. The number of carbonyl (C=O) groups is 2. The maximum Gasteiger partial charge on any atom is 0.323 e. The molecule has 0 saturated carbocycles. The van der Waals surface area contributed by atoms with Gasteiger partial charge in [-0.1, -0.05) is 6.07 Å². The molecule has 152 valence electrons. The number of pyridine rings is 1. The van der Waals surface area contributed by atoms with Crippen LogP contribution in [0.5, 0.6) is 11.5 Å². The van der Waals surface area contributed by atoms with Gasteiger partial charge in [0.1, 0.15) is 23.8 Å². The summed E-state index contributed by atoms with van der Waals surface area (Å²) >= 11 is 0. The van der Waals surface area contributed by atoms with E-state index < -0.39 is 5.91 Å². The molecule has 8 nitrogen and oxygen atoms in total. The van der Waals surface area contributed by atoms with Gasteiger partial charge in [-0.3, -0.25) is 9.78 Å². The zero-order valence-electron chi connectivity index (χ0n) is 16.1. The van der Waals surface area contributed by atoms with Crippen LogP contribution in [-0.2, 0) is 13.0 Å². The number of anilines is 2. The first-order valence-corrected chi connectivity index (χ1v) is 9.38. The normalized spacial score (nSPS) is 11.9. The largest absolute Gasteiger partial charge is 0.493 e. The minimum atomic E-state index is -0.593. The Morgan fingerprint density at radius 3 is 2.73 bits per heavy atom. The lowest BCUT2D eigenvalue weighted by Crippen LogP contribution is -2.19. The molecule has 0 fully saturated rings. The van der Waals surface area contributed by atoms with E-state index in [-0.39, 0.29) is 18.3 Å². The Kier molecular flexibility index (Phi) is 5.47. The number of hydrogen-bond acceptors (Lipinski definition) is 5. The molecule has 1 aromatic heterocycles. The third kappa shape index (κ3) is 4.67. The molecule has 30 heavy (non-hydrogen) atoms. The molecule has 1 aliphatic rings. The molecule has 0 spiro atoms. The first kappa shape index (κ1) is 19.3. The van der Waals surface area contributed by atoms with Crippen LogP contribution >= 0.6 is 0 Å². The van der Waals surface area contributed by atoms with Crippen LogP contribution in [0.4, 0.5) is 16.2 Å². The molecule has 0 saturated heterocycles. The second-order valence-corrected chi connectivity index (χ2v) is 6.73. The van der Waals surface area contributed by atoms with E-state index in [2.05, 4.69) is 15.6 Å². The Labute approximate surface area is 173 Å². The number of fused-ring (bicyclic) bond motifs is 1. The van der Waals surface area contributed by atoms with Gasteiger partial charge in [0.2, 0.25) is 0 Å². The summed E-state index contributed by atoms with van der Waals surface area (Å²) in [5.74, 6) is 0.841. The van der Waals surface area contributed by atoms with E-state index in [1.54, 1.807) is 42.5 Å². The topological polar surface area (TPSA) is 116 Å². The van der Waals surface area contributed by atoms with Gasteiger partial charge < -0.3 is 25.8 Å². The van der Waals surface area contributed by atoms with Crippen molar-refractivity contribution in [3.8, 4) is 11.5 Å². The zero-order chi connectivity index (χ0) is 20.9. The lowest BCUT2D eigenvalue weighted by atomic mass is 10.1. The van der Waals surface area contributed by atoms with Crippen molar-refractivity contribution in [1.29, 1.82) is 0 Å². The lowest BCUT2D eigenvalue weighted by molar-refractivity contribution is 0.0995. The van der Waals surface area contributed by atoms with Gasteiger partial charge in [0.15, 0.2) is 0 Å². The van der Waals surface area contributed by atoms with Gasteiger partial charge in [-0.25, -0.2) is 4.79 Å². The molecule has 2 aromatic carbocycles. The third-order valence-electron chi connectivity index (χ3n) is 4.52. The van der Waals surface area contributed by atoms with Crippen molar-refractivity contribution in [3.05, 3.63) is 77.6 Å². The molecule has 2 heterocycles. The molecule has 4 N–H and O–H groups in total.